The van der Waals surface area contributed by atoms with Crippen molar-refractivity contribution >= 4 is 32.2 Å². The summed E-state index contributed by atoms with van der Waals surface area (Å²) in [5.74, 6) is -1.74. The fourth-order valence-corrected chi connectivity index (χ4v) is 5.71. The number of ether oxygens (including phenoxy) is 1. The molecule has 33 heavy (non-hydrogen) atoms. The lowest BCUT2D eigenvalue weighted by Crippen LogP contribution is -2.61. The van der Waals surface area contributed by atoms with E-state index in [0.29, 0.717) is 42.2 Å². The lowest BCUT2D eigenvalue weighted by atomic mass is 9.99. The maximum absolute atomic E-state index is 15.0. The Morgan fingerprint density at radius 2 is 1.97 bits per heavy atom. The monoisotopic (exact) mass is 474 g/mol. The minimum Gasteiger partial charge on any atom is -0.382 e. The molecule has 0 unspecified atom stereocenters. The van der Waals surface area contributed by atoms with Crippen LogP contribution in [0, 0.1) is 18.6 Å². The van der Waals surface area contributed by atoms with Crippen LogP contribution in [0.5, 0.6) is 0 Å². The zero-order chi connectivity index (χ0) is 23.4. The van der Waals surface area contributed by atoms with Crippen molar-refractivity contribution in [3.8, 4) is 0 Å². The van der Waals surface area contributed by atoms with E-state index in [9.17, 15) is 17.2 Å². The van der Waals surface area contributed by atoms with Crippen LogP contribution in [0.1, 0.15) is 11.1 Å². The van der Waals surface area contributed by atoms with Crippen molar-refractivity contribution in [1.82, 2.24) is 4.98 Å². The van der Waals surface area contributed by atoms with Crippen molar-refractivity contribution < 1.29 is 21.9 Å². The number of pyridine rings is 1. The molecule has 1 fully saturated rings. The number of nitrogens with two attached hydrogens (primary N) is 1. The first-order chi connectivity index (χ1) is 15.7. The molecule has 3 heterocycles. The van der Waals surface area contributed by atoms with E-state index in [1.165, 1.54) is 6.92 Å². The third-order valence-electron chi connectivity index (χ3n) is 6.19. The number of aromatic nitrogens is 1. The van der Waals surface area contributed by atoms with Crippen LogP contribution in [0.25, 0.3) is 10.9 Å². The Labute approximate surface area is 190 Å². The van der Waals surface area contributed by atoms with Crippen molar-refractivity contribution in [2.24, 2.45) is 5.73 Å². The highest BCUT2D eigenvalue weighted by atomic mass is 32.2. The first-order valence-corrected chi connectivity index (χ1v) is 12.3. The van der Waals surface area contributed by atoms with Crippen molar-refractivity contribution in [1.29, 1.82) is 0 Å². The highest BCUT2D eigenvalue weighted by molar-refractivity contribution is 7.91. The molecule has 1 aromatic heterocycles. The first-order valence-electron chi connectivity index (χ1n) is 10.6. The normalized spacial score (nSPS) is 19.0. The molecule has 3 N–H and O–H groups in total. The maximum Gasteiger partial charge on any atom is 0.185 e. The van der Waals surface area contributed by atoms with E-state index in [1.54, 1.807) is 41.3 Å². The van der Waals surface area contributed by atoms with E-state index in [1.807, 2.05) is 0 Å². The summed E-state index contributed by atoms with van der Waals surface area (Å²) in [7, 11) is -3.47. The lowest BCUT2D eigenvalue weighted by molar-refractivity contribution is -0.0461. The molecule has 0 aliphatic carbocycles. The Kier molecular flexibility index (Phi) is 5.26. The molecule has 2 aromatic carbocycles. The third-order valence-corrected chi connectivity index (χ3v) is 7.97. The number of aryl methyl sites for hydroxylation is 1. The minimum atomic E-state index is -3.47. The predicted molar refractivity (Wildman–Crippen MR) is 122 cm³/mol. The van der Waals surface area contributed by atoms with E-state index in [2.05, 4.69) is 10.3 Å². The molecule has 2 aliphatic heterocycles. The highest BCUT2D eigenvalue weighted by Gasteiger charge is 2.34. The van der Waals surface area contributed by atoms with E-state index in [4.69, 9.17) is 10.5 Å². The molecule has 10 heteroatoms. The number of nitrogens with one attached hydrogen (secondary N) is 1. The Hall–Kier alpha value is -2.82. The van der Waals surface area contributed by atoms with Gasteiger partial charge in [-0.1, -0.05) is 18.2 Å². The molecule has 3 aromatic rings. The summed E-state index contributed by atoms with van der Waals surface area (Å²) in [6.45, 7) is 3.12. The second kappa shape index (κ2) is 7.89. The van der Waals surface area contributed by atoms with Crippen LogP contribution in [0.3, 0.4) is 0 Å². The van der Waals surface area contributed by atoms with Gasteiger partial charge >= 0.3 is 0 Å². The smallest absolute Gasteiger partial charge is 0.185 e. The Bertz CT molecular complexity index is 1360. The molecule has 174 valence electrons. The molecule has 0 radical (unpaired) electrons. The molecule has 0 saturated carbocycles. The molecule has 0 spiro atoms. The van der Waals surface area contributed by atoms with Gasteiger partial charge in [0.25, 0.3) is 0 Å². The number of anilines is 2. The number of fused-ring (bicyclic) bond motifs is 2. The van der Waals surface area contributed by atoms with Crippen LogP contribution in [-0.4, -0.2) is 51.0 Å². The average molecular weight is 475 g/mol. The van der Waals surface area contributed by atoms with Crippen molar-refractivity contribution in [3.05, 3.63) is 59.2 Å². The second-order valence-corrected chi connectivity index (χ2v) is 10.9. The van der Waals surface area contributed by atoms with Gasteiger partial charge in [0.2, 0.25) is 0 Å². The lowest BCUT2D eigenvalue weighted by Gasteiger charge is -2.38. The summed E-state index contributed by atoms with van der Waals surface area (Å²) in [6, 6.07) is 10.1. The van der Waals surface area contributed by atoms with Crippen LogP contribution in [0.4, 0.5) is 20.3 Å². The van der Waals surface area contributed by atoms with Crippen molar-refractivity contribution in [3.63, 3.8) is 0 Å². The largest absolute Gasteiger partial charge is 0.382 e. The Morgan fingerprint density at radius 1 is 1.21 bits per heavy atom. The number of hydrogen-bond acceptors (Lipinski definition) is 7. The number of halogens is 2. The maximum atomic E-state index is 15.0. The van der Waals surface area contributed by atoms with Gasteiger partial charge in [-0.15, -0.1) is 0 Å². The number of rotatable bonds is 4. The molecule has 2 aliphatic rings. The quantitative estimate of drug-likeness (QED) is 0.600. The standard InChI is InChI=1S/C23H24F2N4O3S/c1-14-8-16-17(27-11-23(26)12-32-13-23)9-19(28-22(16)21(25)20(14)24)29-6-7-33(30,31)18-5-3-2-4-15(18)10-29/h2-5,8-9H,6-7,10-13,26H2,1H3,(H,27,28). The van der Waals surface area contributed by atoms with Gasteiger partial charge in [-0.2, -0.15) is 0 Å². The van der Waals surface area contributed by atoms with Gasteiger partial charge in [-0.25, -0.2) is 22.2 Å². The third kappa shape index (κ3) is 3.92. The minimum absolute atomic E-state index is 0.111. The molecular formula is C23H24F2N4O3S. The molecule has 1 saturated heterocycles. The number of sulfone groups is 1. The number of hydrogen-bond donors (Lipinski definition) is 2. The van der Waals surface area contributed by atoms with Gasteiger partial charge in [0, 0.05) is 36.8 Å². The van der Waals surface area contributed by atoms with E-state index in [-0.39, 0.29) is 34.8 Å². The van der Waals surface area contributed by atoms with E-state index < -0.39 is 27.0 Å². The molecule has 7 nitrogen and oxygen atoms in total. The van der Waals surface area contributed by atoms with Crippen LogP contribution in [-0.2, 0) is 21.1 Å². The molecule has 5 rings (SSSR count). The van der Waals surface area contributed by atoms with Crippen LogP contribution < -0.4 is 16.0 Å². The Balaban J connectivity index is 1.61. The average Bonchev–Trinajstić information content (AvgIpc) is 2.91. The molecular weight excluding hydrogens is 450 g/mol. The van der Waals surface area contributed by atoms with Crippen molar-refractivity contribution in [2.45, 2.75) is 23.9 Å². The summed E-state index contributed by atoms with van der Waals surface area (Å²) >= 11 is 0. The predicted octanol–water partition coefficient (Wildman–Crippen LogP) is 2.75. The van der Waals surface area contributed by atoms with Gasteiger partial charge < -0.3 is 20.7 Å². The molecule has 0 bridgehead atoms. The molecule has 0 amide bonds. The highest BCUT2D eigenvalue weighted by Crippen LogP contribution is 2.34. The van der Waals surface area contributed by atoms with Crippen LogP contribution in [0.2, 0.25) is 0 Å². The summed E-state index contributed by atoms with van der Waals surface area (Å²) in [4.78, 5) is 6.48. The fourth-order valence-electron chi connectivity index (χ4n) is 4.22. The SMILES string of the molecule is Cc1cc2c(NCC3(N)COC3)cc(N3CCS(=O)(=O)c4ccccc4C3)nc2c(F)c1F. The zero-order valence-electron chi connectivity index (χ0n) is 18.1. The summed E-state index contributed by atoms with van der Waals surface area (Å²) in [6.07, 6.45) is 0. The number of benzene rings is 2. The van der Waals surface area contributed by atoms with Gasteiger partial charge in [0.1, 0.15) is 11.3 Å². The summed E-state index contributed by atoms with van der Waals surface area (Å²) in [5.41, 5.74) is 6.94. The summed E-state index contributed by atoms with van der Waals surface area (Å²) < 4.78 is 60.0. The van der Waals surface area contributed by atoms with Gasteiger partial charge in [0.05, 0.1) is 29.4 Å². The first kappa shape index (κ1) is 22.0. The van der Waals surface area contributed by atoms with E-state index >= 15 is 0 Å². The number of nitrogens with zero attached hydrogens (tertiary/aromatic N) is 2. The second-order valence-electron chi connectivity index (χ2n) is 8.80. The summed E-state index contributed by atoms with van der Waals surface area (Å²) in [5, 5.41) is 3.69. The topological polar surface area (TPSA) is 97.5 Å². The van der Waals surface area contributed by atoms with Gasteiger partial charge in [-0.05, 0) is 30.2 Å². The zero-order valence-corrected chi connectivity index (χ0v) is 18.9. The van der Waals surface area contributed by atoms with Gasteiger partial charge in [-0.3, -0.25) is 0 Å². The van der Waals surface area contributed by atoms with Gasteiger partial charge in [0.15, 0.2) is 21.5 Å². The van der Waals surface area contributed by atoms with Crippen molar-refractivity contribution in [2.75, 3.05) is 42.3 Å². The van der Waals surface area contributed by atoms with Crippen LogP contribution >= 0.6 is 0 Å². The van der Waals surface area contributed by atoms with Crippen LogP contribution in [0.15, 0.2) is 41.3 Å². The Morgan fingerprint density at radius 3 is 2.70 bits per heavy atom. The fraction of sp³-hybridized carbons (Fsp3) is 0.348. The van der Waals surface area contributed by atoms with E-state index in [0.717, 1.165) is 0 Å². The molecule has 0 atom stereocenters.